The highest BCUT2D eigenvalue weighted by Crippen LogP contribution is 2.51. The second-order valence-electron chi connectivity index (χ2n) is 19.2. The summed E-state index contributed by atoms with van der Waals surface area (Å²) in [6.45, 7) is 9.04. The normalized spacial score (nSPS) is 15.0. The number of anilines is 3. The Hall–Kier alpha value is -6.71. The number of halogens is 5. The number of amides is 1. The Morgan fingerprint density at radius 3 is 2.14 bits per heavy atom. The molecule has 74 heavy (non-hydrogen) atoms. The van der Waals surface area contributed by atoms with Crippen molar-refractivity contribution >= 4 is 56.1 Å². The van der Waals surface area contributed by atoms with Gasteiger partial charge in [0.05, 0.1) is 66.9 Å². The van der Waals surface area contributed by atoms with Gasteiger partial charge in [-0.1, -0.05) is 41.9 Å². The number of carbonyl (C=O) groups is 1. The van der Waals surface area contributed by atoms with Gasteiger partial charge in [-0.05, 0) is 106 Å². The molecule has 0 saturated carbocycles. The summed E-state index contributed by atoms with van der Waals surface area (Å²) in [5.41, 5.74) is -2.21. The highest BCUT2D eigenvalue weighted by molar-refractivity contribution is 7.88. The van der Waals surface area contributed by atoms with Crippen LogP contribution in [0.4, 0.5) is 39.8 Å². The number of ether oxygens (including phenoxy) is 5. The van der Waals surface area contributed by atoms with Crippen LogP contribution in [0.1, 0.15) is 74.4 Å². The van der Waals surface area contributed by atoms with Gasteiger partial charge in [0.25, 0.3) is 0 Å². The zero-order valence-corrected chi connectivity index (χ0v) is 43.7. The minimum Gasteiger partial charge on any atom is -0.497 e. The first kappa shape index (κ1) is 53.6. The van der Waals surface area contributed by atoms with Crippen molar-refractivity contribution in [2.24, 2.45) is 5.92 Å². The Morgan fingerprint density at radius 2 is 1.57 bits per heavy atom. The number of hydrogen-bond acceptors (Lipinski definition) is 14. The van der Waals surface area contributed by atoms with Crippen LogP contribution in [0.3, 0.4) is 0 Å². The zero-order valence-electron chi connectivity index (χ0n) is 42.1. The smallest absolute Gasteiger partial charge is 0.418 e. The summed E-state index contributed by atoms with van der Waals surface area (Å²) in [5.74, 6) is -0.0591. The number of methoxy groups -OCH3 is 2. The van der Waals surface area contributed by atoms with E-state index in [4.69, 9.17) is 40.3 Å². The molecule has 5 heterocycles. The summed E-state index contributed by atoms with van der Waals surface area (Å²) in [6, 6.07) is 18.1. The van der Waals surface area contributed by atoms with Gasteiger partial charge >= 0.3 is 18.3 Å². The van der Waals surface area contributed by atoms with Crippen LogP contribution in [-0.2, 0) is 34.0 Å². The van der Waals surface area contributed by atoms with Gasteiger partial charge in [0, 0.05) is 37.9 Å². The molecule has 0 unspecified atom stereocenters. The molecule has 0 bridgehead atoms. The number of aromatic nitrogens is 4. The minimum absolute atomic E-state index is 0.00926. The Morgan fingerprint density at radius 1 is 0.946 bits per heavy atom. The van der Waals surface area contributed by atoms with Gasteiger partial charge in [0.1, 0.15) is 46.7 Å². The molecule has 6 aromatic rings. The SMILES string of the molecule is COc1ccc(CN(Cc2ccc(OC)cc2)c2cc(C)c(C(F)(F)F)c(-c3c(Cl)c4c5c(nc(OCC6CCN(S(C)(=O)=O)CC6)nc5c3F)N([C@H](C)c3cccnc3NC(=O)OC(C)(C)C)CCO4)n2)cc1. The molecule has 16 nitrogen and oxygen atoms in total. The first-order chi connectivity index (χ1) is 35.0. The molecule has 1 fully saturated rings. The number of sulfonamides is 1. The van der Waals surface area contributed by atoms with Crippen LogP contribution >= 0.6 is 11.6 Å². The number of alkyl halides is 3. The van der Waals surface area contributed by atoms with Crippen molar-refractivity contribution < 1.29 is 54.5 Å². The van der Waals surface area contributed by atoms with E-state index in [1.807, 2.05) is 24.3 Å². The Kier molecular flexibility index (Phi) is 15.7. The average molecular weight is 1070 g/mol. The molecule has 2 aliphatic rings. The Bertz CT molecular complexity index is 3090. The molecule has 3 aromatic heterocycles. The number of nitrogens with one attached hydrogen (secondary N) is 1. The molecule has 0 radical (unpaired) electrons. The Balaban J connectivity index is 1.30. The number of carbonyl (C=O) groups excluding carboxylic acids is 1. The Labute approximate surface area is 432 Å². The van der Waals surface area contributed by atoms with E-state index in [9.17, 15) is 13.2 Å². The molecule has 394 valence electrons. The average Bonchev–Trinajstić information content (AvgIpc) is 3.54. The number of aryl methyl sites for hydroxylation is 1. The van der Waals surface area contributed by atoms with Crippen LogP contribution in [0.5, 0.6) is 23.3 Å². The summed E-state index contributed by atoms with van der Waals surface area (Å²) in [5, 5.41) is 2.17. The molecule has 2 aliphatic heterocycles. The molecule has 1 saturated heterocycles. The van der Waals surface area contributed by atoms with E-state index in [-0.39, 0.29) is 92.0 Å². The van der Waals surface area contributed by atoms with Gasteiger partial charge in [0.2, 0.25) is 10.0 Å². The van der Waals surface area contributed by atoms with Gasteiger partial charge in [-0.3, -0.25) is 5.32 Å². The fraction of sp³-hybridized carbons (Fsp3) is 0.404. The highest BCUT2D eigenvalue weighted by atomic mass is 35.5. The predicted molar refractivity (Wildman–Crippen MR) is 273 cm³/mol. The number of rotatable bonds is 15. The second-order valence-corrected chi connectivity index (χ2v) is 21.5. The number of pyridine rings is 2. The second kappa shape index (κ2) is 21.6. The van der Waals surface area contributed by atoms with Crippen molar-refractivity contribution in [1.82, 2.24) is 24.2 Å². The molecule has 22 heteroatoms. The lowest BCUT2D eigenvalue weighted by Crippen LogP contribution is -2.39. The highest BCUT2D eigenvalue weighted by Gasteiger charge is 2.41. The standard InChI is InChI=1S/C52H57ClF4N8O8S/c1-30-26-38(63(27-32-11-15-35(69-6)16-12-32)28-33-13-17-36(70-7)18-14-33)59-44(41(30)52(55,56)57)39-42(53)46-40-45(43(39)54)60-49(72-29-34-19-22-64(23-20-34)74(8,67)68)62-48(40)65(24-25-71-46)31(2)37-10-9-21-58-47(37)61-50(66)73-51(3,4)5/h9-18,21,26,31,34H,19-20,22-25,27-29H2,1-8H3,(H,58,61,66)/t31-/m1/s1. The van der Waals surface area contributed by atoms with Crippen molar-refractivity contribution in [3.63, 3.8) is 0 Å². The molecule has 1 N–H and O–H groups in total. The lowest BCUT2D eigenvalue weighted by atomic mass is 9.98. The monoisotopic (exact) mass is 1060 g/mol. The molecule has 8 rings (SSSR count). The lowest BCUT2D eigenvalue weighted by molar-refractivity contribution is -0.137. The maximum atomic E-state index is 18.2. The predicted octanol–water partition coefficient (Wildman–Crippen LogP) is 10.8. The number of hydrogen-bond donors (Lipinski definition) is 1. The molecule has 1 amide bonds. The molecule has 3 aromatic carbocycles. The maximum absolute atomic E-state index is 18.2. The summed E-state index contributed by atoms with van der Waals surface area (Å²) in [6.07, 6.45) is -2.27. The number of benzene rings is 3. The van der Waals surface area contributed by atoms with E-state index >= 15 is 17.6 Å². The van der Waals surface area contributed by atoms with Crippen LogP contribution < -0.4 is 34.1 Å². The third-order valence-corrected chi connectivity index (χ3v) is 14.4. The van der Waals surface area contributed by atoms with Crippen molar-refractivity contribution in [2.75, 3.05) is 68.4 Å². The van der Waals surface area contributed by atoms with E-state index in [0.29, 0.717) is 29.9 Å². The third-order valence-electron chi connectivity index (χ3n) is 12.8. The van der Waals surface area contributed by atoms with Gasteiger partial charge in [0.15, 0.2) is 11.6 Å². The van der Waals surface area contributed by atoms with Crippen LogP contribution in [0.15, 0.2) is 72.9 Å². The fourth-order valence-electron chi connectivity index (χ4n) is 9.08. The van der Waals surface area contributed by atoms with Gasteiger partial charge in [-0.15, -0.1) is 0 Å². The first-order valence-corrected chi connectivity index (χ1v) is 26.0. The summed E-state index contributed by atoms with van der Waals surface area (Å²) < 4.78 is 120. The summed E-state index contributed by atoms with van der Waals surface area (Å²) in [7, 11) is -0.343. The fourth-order valence-corrected chi connectivity index (χ4v) is 10.3. The van der Waals surface area contributed by atoms with E-state index in [2.05, 4.69) is 20.3 Å². The summed E-state index contributed by atoms with van der Waals surface area (Å²) >= 11 is 7.22. The van der Waals surface area contributed by atoms with Crippen LogP contribution in [-0.4, -0.2) is 97.7 Å². The van der Waals surface area contributed by atoms with Crippen LogP contribution in [0.2, 0.25) is 5.02 Å². The van der Waals surface area contributed by atoms with E-state index in [1.54, 1.807) is 73.9 Å². The number of nitrogens with zero attached hydrogens (tertiary/aromatic N) is 7. The van der Waals surface area contributed by atoms with E-state index in [0.717, 1.165) is 17.4 Å². The van der Waals surface area contributed by atoms with Gasteiger partial charge in [-0.25, -0.2) is 31.9 Å². The molecule has 0 aliphatic carbocycles. The summed E-state index contributed by atoms with van der Waals surface area (Å²) in [4.78, 5) is 35.0. The zero-order chi connectivity index (χ0) is 53.3. The third kappa shape index (κ3) is 11.9. The van der Waals surface area contributed by atoms with E-state index in [1.165, 1.54) is 37.7 Å². The van der Waals surface area contributed by atoms with Gasteiger partial charge in [-0.2, -0.15) is 23.1 Å². The van der Waals surface area contributed by atoms with Crippen molar-refractivity contribution in [2.45, 2.75) is 78.4 Å². The van der Waals surface area contributed by atoms with Crippen molar-refractivity contribution in [3.05, 3.63) is 112 Å². The largest absolute Gasteiger partial charge is 0.497 e. The van der Waals surface area contributed by atoms with Gasteiger partial charge < -0.3 is 33.5 Å². The van der Waals surface area contributed by atoms with Crippen molar-refractivity contribution in [1.29, 1.82) is 0 Å². The van der Waals surface area contributed by atoms with Crippen LogP contribution in [0, 0.1) is 18.7 Å². The molecule has 1 atom stereocenters. The topological polar surface area (TPSA) is 171 Å². The quantitative estimate of drug-likeness (QED) is 0.0963. The number of piperidine rings is 1. The van der Waals surface area contributed by atoms with Crippen molar-refractivity contribution in [3.8, 4) is 34.5 Å². The van der Waals surface area contributed by atoms with Crippen LogP contribution in [0.25, 0.3) is 22.2 Å². The molecular formula is C52H57ClF4N8O8S. The minimum atomic E-state index is -5.06. The molecular weight excluding hydrogens is 1010 g/mol. The molecule has 0 spiro atoms. The lowest BCUT2D eigenvalue weighted by Gasteiger charge is -2.31. The van der Waals surface area contributed by atoms with E-state index < -0.39 is 67.1 Å². The first-order valence-electron chi connectivity index (χ1n) is 23.8. The maximum Gasteiger partial charge on any atom is 0.418 e.